The molecule has 1 aromatic rings. The van der Waals surface area contributed by atoms with Crippen molar-refractivity contribution in [3.8, 4) is 5.75 Å². The number of hydrogen-bond donors (Lipinski definition) is 1. The highest BCUT2D eigenvalue weighted by molar-refractivity contribution is 14.0. The topological polar surface area (TPSA) is 57.2 Å². The molecule has 7 heteroatoms. The van der Waals surface area contributed by atoms with Gasteiger partial charge in [0.15, 0.2) is 5.96 Å². The zero-order chi connectivity index (χ0) is 18.2. The van der Waals surface area contributed by atoms with Crippen LogP contribution in [0.25, 0.3) is 0 Å². The lowest BCUT2D eigenvalue weighted by molar-refractivity contribution is -0.127. The monoisotopic (exact) mass is 474 g/mol. The van der Waals surface area contributed by atoms with Crippen molar-refractivity contribution in [3.05, 3.63) is 29.3 Å². The average molecular weight is 474 g/mol. The number of carbonyl (C=O) groups is 1. The van der Waals surface area contributed by atoms with Gasteiger partial charge in [0.05, 0.1) is 6.61 Å². The molecule has 26 heavy (non-hydrogen) atoms. The molecule has 0 aliphatic carbocycles. The van der Waals surface area contributed by atoms with Gasteiger partial charge in [-0.1, -0.05) is 13.0 Å². The van der Waals surface area contributed by atoms with Gasteiger partial charge in [0.1, 0.15) is 12.3 Å². The smallest absolute Gasteiger partial charge is 0.243 e. The number of nitrogens with zero attached hydrogens (tertiary/aromatic N) is 3. The van der Waals surface area contributed by atoms with Crippen molar-refractivity contribution in [1.29, 1.82) is 0 Å². The highest BCUT2D eigenvalue weighted by Gasteiger charge is 2.20. The van der Waals surface area contributed by atoms with Gasteiger partial charge < -0.3 is 19.9 Å². The SMILES string of the molecule is CCCOc1ccc2c(c1)CCN(C(=NCC(=O)N(C)C)NCC)C2.I. The maximum absolute atomic E-state index is 11.8. The van der Waals surface area contributed by atoms with E-state index in [-0.39, 0.29) is 36.4 Å². The quantitative estimate of drug-likeness (QED) is 0.391. The molecule has 146 valence electrons. The second kappa shape index (κ2) is 11.3. The molecule has 1 aliphatic heterocycles. The molecular weight excluding hydrogens is 443 g/mol. The van der Waals surface area contributed by atoms with E-state index in [0.717, 1.165) is 50.8 Å². The van der Waals surface area contributed by atoms with Gasteiger partial charge >= 0.3 is 0 Å². The molecule has 0 aromatic heterocycles. The van der Waals surface area contributed by atoms with E-state index in [1.165, 1.54) is 11.1 Å². The minimum Gasteiger partial charge on any atom is -0.494 e. The molecule has 6 nitrogen and oxygen atoms in total. The predicted molar refractivity (Wildman–Crippen MR) is 116 cm³/mol. The van der Waals surface area contributed by atoms with E-state index in [1.54, 1.807) is 19.0 Å². The van der Waals surface area contributed by atoms with Gasteiger partial charge in [-0.3, -0.25) is 4.79 Å². The fourth-order valence-corrected chi connectivity index (χ4v) is 2.73. The summed E-state index contributed by atoms with van der Waals surface area (Å²) in [5, 5.41) is 3.30. The first-order valence-electron chi connectivity index (χ1n) is 9.03. The molecule has 2 rings (SSSR count). The maximum Gasteiger partial charge on any atom is 0.243 e. The number of amides is 1. The Kier molecular flexibility index (Phi) is 9.75. The van der Waals surface area contributed by atoms with Crippen molar-refractivity contribution < 1.29 is 9.53 Å². The molecule has 1 heterocycles. The van der Waals surface area contributed by atoms with Crippen LogP contribution in [0.4, 0.5) is 0 Å². The first kappa shape index (κ1) is 22.5. The molecular formula is C19H31IN4O2. The standard InChI is InChI=1S/C19H30N4O2.HI/c1-5-11-25-17-8-7-16-14-23(10-9-15(16)12-17)19(20-6-2)21-13-18(24)22(3)4;/h7-8,12H,5-6,9-11,13-14H2,1-4H3,(H,20,21);1H. The highest BCUT2D eigenvalue weighted by atomic mass is 127. The van der Waals surface area contributed by atoms with E-state index in [4.69, 9.17) is 4.74 Å². The number of aliphatic imine (C=N–C) groups is 1. The van der Waals surface area contributed by atoms with Crippen LogP contribution in [0.2, 0.25) is 0 Å². The summed E-state index contributed by atoms with van der Waals surface area (Å²) in [5.74, 6) is 1.76. The van der Waals surface area contributed by atoms with E-state index in [0.29, 0.717) is 0 Å². The van der Waals surface area contributed by atoms with E-state index in [9.17, 15) is 4.79 Å². The van der Waals surface area contributed by atoms with Gasteiger partial charge in [0.2, 0.25) is 5.91 Å². The van der Waals surface area contributed by atoms with Crippen LogP contribution in [-0.4, -0.2) is 62.0 Å². The Bertz CT molecular complexity index is 620. The molecule has 1 aliphatic rings. The summed E-state index contributed by atoms with van der Waals surface area (Å²) in [6.07, 6.45) is 1.96. The molecule has 1 aromatic carbocycles. The van der Waals surface area contributed by atoms with Crippen LogP contribution < -0.4 is 10.1 Å². The summed E-state index contributed by atoms with van der Waals surface area (Å²) >= 11 is 0. The largest absolute Gasteiger partial charge is 0.494 e. The normalized spacial score (nSPS) is 13.5. The highest BCUT2D eigenvalue weighted by Crippen LogP contribution is 2.24. The zero-order valence-corrected chi connectivity index (χ0v) is 18.6. The Morgan fingerprint density at radius 3 is 2.73 bits per heavy atom. The van der Waals surface area contributed by atoms with Gasteiger partial charge in [-0.25, -0.2) is 4.99 Å². The number of likely N-dealkylation sites (N-methyl/N-ethyl adjacent to an activating group) is 1. The number of hydrogen-bond acceptors (Lipinski definition) is 3. The summed E-state index contributed by atoms with van der Waals surface area (Å²) in [6.45, 7) is 7.53. The average Bonchev–Trinajstić information content (AvgIpc) is 2.62. The fraction of sp³-hybridized carbons (Fsp3) is 0.579. The van der Waals surface area contributed by atoms with Gasteiger partial charge in [-0.2, -0.15) is 0 Å². The van der Waals surface area contributed by atoms with Crippen molar-refractivity contribution in [2.75, 3.05) is 40.3 Å². The van der Waals surface area contributed by atoms with Crippen LogP contribution in [0.1, 0.15) is 31.4 Å². The first-order chi connectivity index (χ1) is 12.0. The van der Waals surface area contributed by atoms with Gasteiger partial charge in [-0.15, -0.1) is 24.0 Å². The number of benzene rings is 1. The minimum absolute atomic E-state index is 0. The molecule has 0 radical (unpaired) electrons. The van der Waals surface area contributed by atoms with Crippen LogP contribution in [0.3, 0.4) is 0 Å². The van der Waals surface area contributed by atoms with Gasteiger partial charge in [-0.05, 0) is 43.0 Å². The molecule has 0 unspecified atom stereocenters. The first-order valence-corrected chi connectivity index (χ1v) is 9.03. The van der Waals surface area contributed by atoms with Crippen LogP contribution in [0.15, 0.2) is 23.2 Å². The lowest BCUT2D eigenvalue weighted by Crippen LogP contribution is -2.44. The summed E-state index contributed by atoms with van der Waals surface area (Å²) in [7, 11) is 3.50. The van der Waals surface area contributed by atoms with Gasteiger partial charge in [0.25, 0.3) is 0 Å². The van der Waals surface area contributed by atoms with E-state index < -0.39 is 0 Å². The van der Waals surface area contributed by atoms with Crippen molar-refractivity contribution in [2.24, 2.45) is 4.99 Å². The second-order valence-corrected chi connectivity index (χ2v) is 6.41. The molecule has 0 atom stereocenters. The van der Waals surface area contributed by atoms with Crippen molar-refractivity contribution in [3.63, 3.8) is 0 Å². The third-order valence-corrected chi connectivity index (χ3v) is 4.16. The molecule has 0 bridgehead atoms. The molecule has 0 spiro atoms. The number of carbonyl (C=O) groups excluding carboxylic acids is 1. The third-order valence-electron chi connectivity index (χ3n) is 4.16. The number of halogens is 1. The molecule has 0 fully saturated rings. The van der Waals surface area contributed by atoms with Crippen molar-refractivity contribution >= 4 is 35.8 Å². The number of ether oxygens (including phenoxy) is 1. The Balaban J connectivity index is 0.00000338. The molecule has 1 amide bonds. The lowest BCUT2D eigenvalue weighted by Gasteiger charge is -2.32. The van der Waals surface area contributed by atoms with Crippen LogP contribution in [0, 0.1) is 0 Å². The third kappa shape index (κ3) is 6.34. The minimum atomic E-state index is 0. The second-order valence-electron chi connectivity index (χ2n) is 6.41. The van der Waals surface area contributed by atoms with Crippen LogP contribution in [-0.2, 0) is 17.8 Å². The Morgan fingerprint density at radius 2 is 2.08 bits per heavy atom. The Morgan fingerprint density at radius 1 is 1.31 bits per heavy atom. The lowest BCUT2D eigenvalue weighted by atomic mass is 9.99. The molecule has 0 saturated carbocycles. The van der Waals surface area contributed by atoms with Crippen LogP contribution in [0.5, 0.6) is 5.75 Å². The van der Waals surface area contributed by atoms with Crippen LogP contribution >= 0.6 is 24.0 Å². The number of fused-ring (bicyclic) bond motifs is 1. The Hall–Kier alpha value is -1.51. The van der Waals surface area contributed by atoms with E-state index >= 15 is 0 Å². The van der Waals surface area contributed by atoms with E-state index in [1.807, 2.05) is 13.0 Å². The zero-order valence-electron chi connectivity index (χ0n) is 16.2. The maximum atomic E-state index is 11.8. The van der Waals surface area contributed by atoms with Gasteiger partial charge in [0, 0.05) is 33.7 Å². The number of rotatable bonds is 6. The summed E-state index contributed by atoms with van der Waals surface area (Å²) in [6, 6.07) is 6.33. The predicted octanol–water partition coefficient (Wildman–Crippen LogP) is 2.51. The van der Waals surface area contributed by atoms with Crippen molar-refractivity contribution in [1.82, 2.24) is 15.1 Å². The number of guanidine groups is 1. The van der Waals surface area contributed by atoms with E-state index in [2.05, 4.69) is 34.3 Å². The summed E-state index contributed by atoms with van der Waals surface area (Å²) in [4.78, 5) is 20.1. The molecule has 1 N–H and O–H groups in total. The molecule has 0 saturated heterocycles. The fourth-order valence-electron chi connectivity index (χ4n) is 2.73. The summed E-state index contributed by atoms with van der Waals surface area (Å²) < 4.78 is 5.73. The van der Waals surface area contributed by atoms with Crippen molar-refractivity contribution in [2.45, 2.75) is 33.2 Å². The summed E-state index contributed by atoms with van der Waals surface area (Å²) in [5.41, 5.74) is 2.63. The number of nitrogens with one attached hydrogen (secondary N) is 1. The Labute approximate surface area is 174 Å².